The zero-order valence-corrected chi connectivity index (χ0v) is 16.8. The summed E-state index contributed by atoms with van der Waals surface area (Å²) in [5.41, 5.74) is 3.52. The van der Waals surface area contributed by atoms with Crippen LogP contribution in [0.1, 0.15) is 11.1 Å². The number of thioether (sulfide) groups is 1. The second-order valence-electron chi connectivity index (χ2n) is 6.91. The van der Waals surface area contributed by atoms with E-state index in [0.29, 0.717) is 25.4 Å². The lowest BCUT2D eigenvalue weighted by Gasteiger charge is -2.33. The highest BCUT2D eigenvalue weighted by atomic mass is 32.2. The van der Waals surface area contributed by atoms with Gasteiger partial charge in [0, 0.05) is 37.2 Å². The maximum absolute atomic E-state index is 13.5. The fraction of sp³-hybridized carbons (Fsp3) is 0.333. The first-order valence-corrected chi connectivity index (χ1v) is 10.3. The number of ether oxygens (including phenoxy) is 1. The molecule has 1 spiro atoms. The van der Waals surface area contributed by atoms with Crippen LogP contribution in [0.25, 0.3) is 0 Å². The molecule has 1 atom stereocenters. The second-order valence-corrected chi connectivity index (χ2v) is 8.20. The van der Waals surface area contributed by atoms with Gasteiger partial charge in [-0.05, 0) is 30.7 Å². The Hall–Kier alpha value is -2.51. The van der Waals surface area contributed by atoms with Crippen molar-refractivity contribution < 1.29 is 14.3 Å². The van der Waals surface area contributed by atoms with Crippen molar-refractivity contribution in [3.05, 3.63) is 59.7 Å². The molecule has 6 nitrogen and oxygen atoms in total. The van der Waals surface area contributed by atoms with Gasteiger partial charge in [-0.2, -0.15) is 0 Å². The van der Waals surface area contributed by atoms with Crippen LogP contribution in [0.15, 0.2) is 48.5 Å². The van der Waals surface area contributed by atoms with Gasteiger partial charge in [-0.1, -0.05) is 30.3 Å². The number of anilines is 2. The number of fused-ring (bicyclic) bond motifs is 2. The molecule has 0 bridgehead atoms. The number of amides is 3. The number of carbonyl (C=O) groups is 2. The van der Waals surface area contributed by atoms with Gasteiger partial charge in [-0.25, -0.2) is 4.79 Å². The second kappa shape index (κ2) is 7.48. The van der Waals surface area contributed by atoms with Gasteiger partial charge in [0.25, 0.3) is 5.91 Å². The van der Waals surface area contributed by atoms with Gasteiger partial charge in [0.15, 0.2) is 4.87 Å². The zero-order valence-electron chi connectivity index (χ0n) is 16.0. The molecule has 2 aromatic carbocycles. The van der Waals surface area contributed by atoms with Crippen LogP contribution in [0.2, 0.25) is 0 Å². The van der Waals surface area contributed by atoms with Gasteiger partial charge < -0.3 is 15.0 Å². The first-order valence-electron chi connectivity index (χ1n) is 9.27. The van der Waals surface area contributed by atoms with Crippen molar-refractivity contribution in [3.63, 3.8) is 0 Å². The number of rotatable bonds is 4. The van der Waals surface area contributed by atoms with Gasteiger partial charge in [0.1, 0.15) is 0 Å². The van der Waals surface area contributed by atoms with Crippen LogP contribution in [0.3, 0.4) is 0 Å². The highest BCUT2D eigenvalue weighted by Gasteiger charge is 2.59. The van der Waals surface area contributed by atoms with Crippen molar-refractivity contribution in [2.24, 2.45) is 0 Å². The minimum atomic E-state index is -1.02. The first-order chi connectivity index (χ1) is 13.6. The van der Waals surface area contributed by atoms with E-state index in [-0.39, 0.29) is 11.9 Å². The minimum absolute atomic E-state index is 0.0763. The standard InChI is InChI=1S/C21H23N3O3S/c1-15-6-5-7-16(14-15)22-20(26)24-11-13-28-21(24)17-8-3-4-9-18(17)23(19(21)25)10-12-27-2/h3-9,14H,10-13H2,1-2H3,(H,22,26). The molecule has 2 aliphatic rings. The SMILES string of the molecule is COCCN1C(=O)C2(SCCN2C(=O)Nc2cccc(C)c2)c2ccccc21. The lowest BCUT2D eigenvalue weighted by molar-refractivity contribution is -0.123. The predicted octanol–water partition coefficient (Wildman–Crippen LogP) is 3.42. The molecule has 1 saturated heterocycles. The molecule has 0 saturated carbocycles. The Morgan fingerprint density at radius 3 is 2.86 bits per heavy atom. The van der Waals surface area contributed by atoms with Crippen LogP contribution in [-0.2, 0) is 14.4 Å². The number of urea groups is 1. The van der Waals surface area contributed by atoms with E-state index in [1.54, 1.807) is 16.9 Å². The molecule has 0 radical (unpaired) electrons. The number of hydrogen-bond donors (Lipinski definition) is 1. The molecular weight excluding hydrogens is 374 g/mol. The van der Waals surface area contributed by atoms with E-state index in [2.05, 4.69) is 5.32 Å². The summed E-state index contributed by atoms with van der Waals surface area (Å²) in [5, 5.41) is 2.96. The largest absolute Gasteiger partial charge is 0.383 e. The molecule has 1 unspecified atom stereocenters. The number of methoxy groups -OCH3 is 1. The van der Waals surface area contributed by atoms with Gasteiger partial charge in [-0.15, -0.1) is 11.8 Å². The predicted molar refractivity (Wildman–Crippen MR) is 112 cm³/mol. The van der Waals surface area contributed by atoms with Gasteiger partial charge in [0.2, 0.25) is 0 Å². The van der Waals surface area contributed by atoms with E-state index in [0.717, 1.165) is 22.5 Å². The van der Waals surface area contributed by atoms with E-state index in [1.807, 2.05) is 55.5 Å². The third-order valence-electron chi connectivity index (χ3n) is 5.13. The van der Waals surface area contributed by atoms with E-state index in [9.17, 15) is 9.59 Å². The fourth-order valence-corrected chi connectivity index (χ4v) is 5.35. The fourth-order valence-electron chi connectivity index (χ4n) is 3.89. The molecule has 28 heavy (non-hydrogen) atoms. The summed E-state index contributed by atoms with van der Waals surface area (Å²) in [7, 11) is 1.62. The number of para-hydroxylation sites is 1. The summed E-state index contributed by atoms with van der Waals surface area (Å²) in [6.07, 6.45) is 0. The van der Waals surface area contributed by atoms with E-state index < -0.39 is 4.87 Å². The number of carbonyl (C=O) groups excluding carboxylic acids is 2. The van der Waals surface area contributed by atoms with Crippen molar-refractivity contribution in [2.45, 2.75) is 11.8 Å². The van der Waals surface area contributed by atoms with Crippen LogP contribution >= 0.6 is 11.8 Å². The average molecular weight is 398 g/mol. The number of aryl methyl sites for hydroxylation is 1. The van der Waals surface area contributed by atoms with Crippen LogP contribution in [-0.4, -0.2) is 49.4 Å². The van der Waals surface area contributed by atoms with Crippen LogP contribution in [0.5, 0.6) is 0 Å². The zero-order chi connectivity index (χ0) is 19.7. The highest BCUT2D eigenvalue weighted by molar-refractivity contribution is 8.01. The third kappa shape index (κ3) is 2.95. The van der Waals surface area contributed by atoms with Gasteiger partial charge in [-0.3, -0.25) is 9.69 Å². The molecule has 1 fully saturated rings. The normalized spacial score (nSPS) is 20.7. The molecule has 7 heteroatoms. The molecule has 0 aromatic heterocycles. The van der Waals surface area contributed by atoms with Crippen molar-refractivity contribution in [1.29, 1.82) is 0 Å². The van der Waals surface area contributed by atoms with Crippen molar-refractivity contribution in [3.8, 4) is 0 Å². The Kier molecular flexibility index (Phi) is 5.03. The maximum Gasteiger partial charge on any atom is 0.323 e. The summed E-state index contributed by atoms with van der Waals surface area (Å²) in [5.74, 6) is 0.632. The Morgan fingerprint density at radius 2 is 2.07 bits per heavy atom. The van der Waals surface area contributed by atoms with Crippen molar-refractivity contribution >= 4 is 35.1 Å². The number of nitrogens with one attached hydrogen (secondary N) is 1. The van der Waals surface area contributed by atoms with Gasteiger partial charge in [0.05, 0.1) is 12.3 Å². The molecule has 4 rings (SSSR count). The minimum Gasteiger partial charge on any atom is -0.383 e. The molecule has 2 heterocycles. The van der Waals surface area contributed by atoms with E-state index in [4.69, 9.17) is 4.74 Å². The molecular formula is C21H23N3O3S. The van der Waals surface area contributed by atoms with Crippen LogP contribution < -0.4 is 10.2 Å². The Morgan fingerprint density at radius 1 is 1.25 bits per heavy atom. The number of hydrogen-bond acceptors (Lipinski definition) is 4. The van der Waals surface area contributed by atoms with Gasteiger partial charge >= 0.3 is 6.03 Å². The van der Waals surface area contributed by atoms with E-state index in [1.165, 1.54) is 11.8 Å². The lowest BCUT2D eigenvalue weighted by atomic mass is 10.1. The van der Waals surface area contributed by atoms with Crippen LogP contribution in [0.4, 0.5) is 16.2 Å². The smallest absolute Gasteiger partial charge is 0.323 e. The number of nitrogens with zero attached hydrogens (tertiary/aromatic N) is 2. The van der Waals surface area contributed by atoms with Crippen LogP contribution in [0, 0.1) is 6.92 Å². The van der Waals surface area contributed by atoms with E-state index >= 15 is 0 Å². The van der Waals surface area contributed by atoms with Crippen molar-refractivity contribution in [1.82, 2.24) is 4.90 Å². The average Bonchev–Trinajstić information content (AvgIpc) is 3.23. The monoisotopic (exact) mass is 397 g/mol. The van der Waals surface area contributed by atoms with Crippen molar-refractivity contribution in [2.75, 3.05) is 42.8 Å². The molecule has 3 amide bonds. The third-order valence-corrected chi connectivity index (χ3v) is 6.55. The molecule has 1 N–H and O–H groups in total. The first kappa shape index (κ1) is 18.8. The summed E-state index contributed by atoms with van der Waals surface area (Å²) >= 11 is 1.52. The molecule has 2 aliphatic heterocycles. The quantitative estimate of drug-likeness (QED) is 0.859. The summed E-state index contributed by atoms with van der Waals surface area (Å²) in [6, 6.07) is 15.1. The summed E-state index contributed by atoms with van der Waals surface area (Å²) in [6.45, 7) is 3.39. The molecule has 2 aromatic rings. The number of benzene rings is 2. The Labute approximate surface area is 168 Å². The molecule has 0 aliphatic carbocycles. The molecule has 146 valence electrons. The summed E-state index contributed by atoms with van der Waals surface area (Å²) < 4.78 is 5.19. The summed E-state index contributed by atoms with van der Waals surface area (Å²) in [4.78, 5) is 29.1. The maximum atomic E-state index is 13.5. The Balaban J connectivity index is 1.69. The lowest BCUT2D eigenvalue weighted by Crippen LogP contribution is -2.52. The topological polar surface area (TPSA) is 61.9 Å². The highest BCUT2D eigenvalue weighted by Crippen LogP contribution is 2.54. The Bertz CT molecular complexity index is 919.